The Balaban J connectivity index is 1.41. The molecule has 1 aliphatic rings. The van der Waals surface area contributed by atoms with E-state index in [1.807, 2.05) is 0 Å². The molecular formula is C27H40N2O. The molecule has 0 radical (unpaired) electrons. The number of carbonyl (C=O) groups is 1. The maximum absolute atomic E-state index is 12.9. The molecule has 0 atom stereocenters. The molecule has 1 aliphatic carbocycles. The Morgan fingerprint density at radius 3 is 2.23 bits per heavy atom. The Morgan fingerprint density at radius 1 is 0.900 bits per heavy atom. The largest absolute Gasteiger partial charge is 0.345 e. The molecule has 3 rings (SSSR count). The number of hydrogen-bond donors (Lipinski definition) is 0. The molecule has 2 aromatic rings. The van der Waals surface area contributed by atoms with Gasteiger partial charge < -0.3 is 9.47 Å². The summed E-state index contributed by atoms with van der Waals surface area (Å²) in [6.07, 6.45) is 16.9. The lowest BCUT2D eigenvalue weighted by Gasteiger charge is -2.23. The van der Waals surface area contributed by atoms with E-state index in [0.29, 0.717) is 18.4 Å². The van der Waals surface area contributed by atoms with Crippen LogP contribution in [0.4, 0.5) is 0 Å². The summed E-state index contributed by atoms with van der Waals surface area (Å²) < 4.78 is 2.29. The molecule has 3 heteroatoms. The van der Waals surface area contributed by atoms with E-state index in [0.717, 1.165) is 19.5 Å². The summed E-state index contributed by atoms with van der Waals surface area (Å²) in [6, 6.07) is 15.3. The third-order valence-electron chi connectivity index (χ3n) is 6.25. The van der Waals surface area contributed by atoms with Gasteiger partial charge in [-0.05, 0) is 37.0 Å². The van der Waals surface area contributed by atoms with Crippen LogP contribution in [0, 0.1) is 0 Å². The van der Waals surface area contributed by atoms with Crippen LogP contribution >= 0.6 is 0 Å². The van der Waals surface area contributed by atoms with Crippen molar-refractivity contribution in [2.75, 3.05) is 0 Å². The minimum absolute atomic E-state index is 0.355. The van der Waals surface area contributed by atoms with E-state index in [-0.39, 0.29) is 0 Å². The normalized spacial score (nSPS) is 13.5. The first-order chi connectivity index (χ1) is 14.8. The molecule has 0 spiro atoms. The zero-order chi connectivity index (χ0) is 21.0. The Hall–Kier alpha value is -2.03. The van der Waals surface area contributed by atoms with Gasteiger partial charge in [-0.3, -0.25) is 4.79 Å². The molecule has 1 aromatic heterocycles. The summed E-state index contributed by atoms with van der Waals surface area (Å²) in [6.45, 7) is 3.89. The van der Waals surface area contributed by atoms with Gasteiger partial charge in [-0.15, -0.1) is 0 Å². The zero-order valence-corrected chi connectivity index (χ0v) is 18.9. The lowest BCUT2D eigenvalue weighted by molar-refractivity contribution is -0.132. The number of nitrogens with zero attached hydrogens (tertiary/aromatic N) is 2. The molecule has 3 nitrogen and oxygen atoms in total. The Morgan fingerprint density at radius 2 is 1.57 bits per heavy atom. The summed E-state index contributed by atoms with van der Waals surface area (Å²) in [7, 11) is 0. The van der Waals surface area contributed by atoms with Crippen LogP contribution in [0.2, 0.25) is 0 Å². The predicted octanol–water partition coefficient (Wildman–Crippen LogP) is 6.95. The molecule has 0 unspecified atom stereocenters. The van der Waals surface area contributed by atoms with Gasteiger partial charge in [0.15, 0.2) is 0 Å². The first-order valence-corrected chi connectivity index (χ1v) is 12.3. The van der Waals surface area contributed by atoms with E-state index in [1.54, 1.807) is 0 Å². The van der Waals surface area contributed by atoms with Crippen LogP contribution in [0.25, 0.3) is 0 Å². The van der Waals surface area contributed by atoms with Crippen LogP contribution in [0.5, 0.6) is 0 Å². The van der Waals surface area contributed by atoms with Gasteiger partial charge in [-0.25, -0.2) is 0 Å². The van der Waals surface area contributed by atoms with Gasteiger partial charge >= 0.3 is 0 Å². The Labute approximate surface area is 183 Å². The summed E-state index contributed by atoms with van der Waals surface area (Å²) in [5, 5.41) is 0. The van der Waals surface area contributed by atoms with Crippen LogP contribution in [0.1, 0.15) is 95.2 Å². The van der Waals surface area contributed by atoms with Crippen LogP contribution in [0.3, 0.4) is 0 Å². The van der Waals surface area contributed by atoms with E-state index in [9.17, 15) is 4.79 Å². The second-order valence-electron chi connectivity index (χ2n) is 8.94. The molecule has 0 N–H and O–H groups in total. The fourth-order valence-corrected chi connectivity index (χ4v) is 4.24. The highest BCUT2D eigenvalue weighted by Gasteiger charge is 2.32. The van der Waals surface area contributed by atoms with E-state index in [4.69, 9.17) is 0 Å². The first-order valence-electron chi connectivity index (χ1n) is 12.3. The molecule has 0 aliphatic heterocycles. The van der Waals surface area contributed by atoms with E-state index in [2.05, 4.69) is 65.1 Å². The topological polar surface area (TPSA) is 25.2 Å². The van der Waals surface area contributed by atoms with Crippen LogP contribution in [0.15, 0.2) is 48.7 Å². The molecule has 1 aromatic carbocycles. The molecule has 1 saturated carbocycles. The van der Waals surface area contributed by atoms with Gasteiger partial charge in [0.25, 0.3) is 0 Å². The van der Waals surface area contributed by atoms with E-state index >= 15 is 0 Å². The second kappa shape index (κ2) is 12.6. The van der Waals surface area contributed by atoms with Crippen molar-refractivity contribution < 1.29 is 4.79 Å². The fraction of sp³-hybridized carbons (Fsp3) is 0.593. The van der Waals surface area contributed by atoms with Crippen molar-refractivity contribution in [1.29, 1.82) is 0 Å². The number of benzene rings is 1. The van der Waals surface area contributed by atoms with Crippen molar-refractivity contribution in [1.82, 2.24) is 9.47 Å². The molecule has 1 amide bonds. The monoisotopic (exact) mass is 408 g/mol. The molecule has 164 valence electrons. The zero-order valence-electron chi connectivity index (χ0n) is 18.9. The van der Waals surface area contributed by atoms with Gasteiger partial charge in [0.2, 0.25) is 5.91 Å². The van der Waals surface area contributed by atoms with E-state index < -0.39 is 0 Å². The van der Waals surface area contributed by atoms with Crippen molar-refractivity contribution in [3.05, 3.63) is 59.9 Å². The standard InChI is InChI=1S/C27H40N2O/c1-2-3-4-5-6-7-8-9-13-18-27(30)29(25-19-20-25)23-26-17-14-21-28(26)22-24-15-11-10-12-16-24/h10-12,14-17,21,25H,2-9,13,18-20,22-23H2,1H3. The maximum Gasteiger partial charge on any atom is 0.223 e. The number of rotatable bonds is 15. The minimum Gasteiger partial charge on any atom is -0.345 e. The highest BCUT2D eigenvalue weighted by Crippen LogP contribution is 2.29. The van der Waals surface area contributed by atoms with Gasteiger partial charge in [0.1, 0.15) is 0 Å². The lowest BCUT2D eigenvalue weighted by Crippen LogP contribution is -2.33. The van der Waals surface area contributed by atoms with E-state index in [1.165, 1.54) is 75.5 Å². The molecule has 30 heavy (non-hydrogen) atoms. The lowest BCUT2D eigenvalue weighted by atomic mass is 10.1. The third kappa shape index (κ3) is 7.66. The van der Waals surface area contributed by atoms with Crippen molar-refractivity contribution in [3.8, 4) is 0 Å². The maximum atomic E-state index is 12.9. The van der Waals surface area contributed by atoms with Crippen molar-refractivity contribution in [3.63, 3.8) is 0 Å². The quantitative estimate of drug-likeness (QED) is 0.293. The third-order valence-corrected chi connectivity index (χ3v) is 6.25. The van der Waals surface area contributed by atoms with Gasteiger partial charge in [-0.2, -0.15) is 0 Å². The highest BCUT2D eigenvalue weighted by atomic mass is 16.2. The number of hydrogen-bond acceptors (Lipinski definition) is 1. The van der Waals surface area contributed by atoms with Gasteiger partial charge in [0, 0.05) is 30.9 Å². The average Bonchev–Trinajstić information content (AvgIpc) is 3.51. The number of carbonyl (C=O) groups excluding carboxylic acids is 1. The molecule has 0 bridgehead atoms. The number of aromatic nitrogens is 1. The minimum atomic E-state index is 0.355. The first kappa shape index (κ1) is 22.7. The molecule has 0 saturated heterocycles. The fourth-order valence-electron chi connectivity index (χ4n) is 4.24. The van der Waals surface area contributed by atoms with Gasteiger partial charge in [0.05, 0.1) is 6.54 Å². The second-order valence-corrected chi connectivity index (χ2v) is 8.94. The SMILES string of the molecule is CCCCCCCCCCCC(=O)N(Cc1cccn1Cc1ccccc1)C1CC1. The van der Waals surface area contributed by atoms with Gasteiger partial charge in [-0.1, -0.05) is 88.6 Å². The summed E-state index contributed by atoms with van der Waals surface area (Å²) in [4.78, 5) is 15.1. The van der Waals surface area contributed by atoms with Crippen LogP contribution in [-0.2, 0) is 17.9 Å². The summed E-state index contributed by atoms with van der Waals surface area (Å²) >= 11 is 0. The van der Waals surface area contributed by atoms with Crippen molar-refractivity contribution >= 4 is 5.91 Å². The predicted molar refractivity (Wildman–Crippen MR) is 125 cm³/mol. The van der Waals surface area contributed by atoms with Crippen molar-refractivity contribution in [2.24, 2.45) is 0 Å². The Bertz CT molecular complexity index is 732. The number of unbranched alkanes of at least 4 members (excludes halogenated alkanes) is 8. The average molecular weight is 409 g/mol. The number of amides is 1. The molecule has 1 fully saturated rings. The van der Waals surface area contributed by atoms with Crippen molar-refractivity contribution in [2.45, 2.75) is 103 Å². The van der Waals surface area contributed by atoms with Crippen LogP contribution in [-0.4, -0.2) is 21.4 Å². The smallest absolute Gasteiger partial charge is 0.223 e. The molecular weight excluding hydrogens is 368 g/mol. The summed E-state index contributed by atoms with van der Waals surface area (Å²) in [5.74, 6) is 0.355. The Kier molecular flexibility index (Phi) is 9.53. The highest BCUT2D eigenvalue weighted by molar-refractivity contribution is 5.76. The summed E-state index contributed by atoms with van der Waals surface area (Å²) in [5.41, 5.74) is 2.54. The van der Waals surface area contributed by atoms with Crippen LogP contribution < -0.4 is 0 Å². The molecule has 1 heterocycles.